The van der Waals surface area contributed by atoms with Crippen LogP contribution in [0.1, 0.15) is 29.5 Å². The molecule has 3 aromatic rings. The molecule has 0 bridgehead atoms. The van der Waals surface area contributed by atoms with Crippen LogP contribution < -0.4 is 5.32 Å². The Morgan fingerprint density at radius 1 is 0.846 bits per heavy atom. The maximum absolute atomic E-state index is 3.83. The summed E-state index contributed by atoms with van der Waals surface area (Å²) in [6.45, 7) is 0. The van der Waals surface area contributed by atoms with Gasteiger partial charge < -0.3 is 5.32 Å². The van der Waals surface area contributed by atoms with Gasteiger partial charge in [0.1, 0.15) is 0 Å². The summed E-state index contributed by atoms with van der Waals surface area (Å²) >= 11 is 3.55. The summed E-state index contributed by atoms with van der Waals surface area (Å²) in [5.74, 6) is 1.07. The summed E-state index contributed by atoms with van der Waals surface area (Å²) in [5.41, 5.74) is 6.64. The summed E-state index contributed by atoms with van der Waals surface area (Å²) in [6.07, 6.45) is 5.89. The van der Waals surface area contributed by atoms with E-state index in [-0.39, 0.29) is 0 Å². The number of hydrogen-bond acceptors (Lipinski definition) is 1. The fourth-order valence-electron chi connectivity index (χ4n) is 4.40. The molecule has 2 heteroatoms. The molecule has 0 fully saturated rings. The number of hydrogen-bond donors (Lipinski definition) is 1. The molecular weight excluding hydrogens is 382 g/mol. The Kier molecular flexibility index (Phi) is 3.94. The summed E-state index contributed by atoms with van der Waals surface area (Å²) in [6, 6.07) is 26.6. The van der Waals surface area contributed by atoms with Gasteiger partial charge in [-0.05, 0) is 58.9 Å². The molecule has 0 aromatic heterocycles. The van der Waals surface area contributed by atoms with E-state index in [0.717, 1.165) is 10.9 Å². The van der Waals surface area contributed by atoms with E-state index in [0.29, 0.717) is 17.9 Å². The smallest absolute Gasteiger partial charge is 0.0553 e. The maximum Gasteiger partial charge on any atom is 0.0553 e. The van der Waals surface area contributed by atoms with Crippen LogP contribution in [0.15, 0.2) is 89.4 Å². The quantitative estimate of drug-likeness (QED) is 0.458. The lowest BCUT2D eigenvalue weighted by atomic mass is 9.76. The zero-order valence-electron chi connectivity index (χ0n) is 14.4. The van der Waals surface area contributed by atoms with Crippen molar-refractivity contribution in [2.75, 3.05) is 5.32 Å². The molecule has 5 rings (SSSR count). The van der Waals surface area contributed by atoms with Gasteiger partial charge in [0, 0.05) is 16.1 Å². The summed E-state index contributed by atoms with van der Waals surface area (Å²) < 4.78 is 1.13. The van der Waals surface area contributed by atoms with Crippen molar-refractivity contribution in [1.29, 1.82) is 0 Å². The minimum Gasteiger partial charge on any atom is -0.378 e. The minimum absolute atomic E-state index is 0.359. The van der Waals surface area contributed by atoms with Crippen molar-refractivity contribution in [2.24, 2.45) is 5.92 Å². The van der Waals surface area contributed by atoms with Gasteiger partial charge in [-0.2, -0.15) is 0 Å². The third kappa shape index (κ3) is 2.69. The molecule has 0 saturated heterocycles. The van der Waals surface area contributed by atoms with Crippen LogP contribution in [0.2, 0.25) is 0 Å². The summed E-state index contributed by atoms with van der Waals surface area (Å²) in [5, 5.41) is 3.83. The van der Waals surface area contributed by atoms with Crippen LogP contribution in [0.5, 0.6) is 0 Å². The van der Waals surface area contributed by atoms with E-state index < -0.39 is 0 Å². The summed E-state index contributed by atoms with van der Waals surface area (Å²) in [7, 11) is 0. The van der Waals surface area contributed by atoms with Crippen molar-refractivity contribution < 1.29 is 0 Å². The Labute approximate surface area is 162 Å². The van der Waals surface area contributed by atoms with E-state index in [9.17, 15) is 0 Å². The highest BCUT2D eigenvalue weighted by Gasteiger charge is 2.37. The van der Waals surface area contributed by atoms with E-state index >= 15 is 0 Å². The zero-order chi connectivity index (χ0) is 17.5. The van der Waals surface area contributed by atoms with Crippen molar-refractivity contribution in [3.8, 4) is 11.1 Å². The van der Waals surface area contributed by atoms with Crippen LogP contribution in [0.25, 0.3) is 11.1 Å². The van der Waals surface area contributed by atoms with E-state index in [1.165, 1.54) is 27.9 Å². The second-order valence-corrected chi connectivity index (χ2v) is 8.11. The number of benzene rings is 3. The van der Waals surface area contributed by atoms with Gasteiger partial charge in [-0.25, -0.2) is 0 Å². The van der Waals surface area contributed by atoms with E-state index in [2.05, 4.69) is 106 Å². The van der Waals surface area contributed by atoms with Crippen LogP contribution >= 0.6 is 15.9 Å². The molecule has 1 aliphatic carbocycles. The molecule has 0 spiro atoms. The number of anilines is 1. The van der Waals surface area contributed by atoms with Crippen molar-refractivity contribution in [1.82, 2.24) is 0 Å². The molecule has 3 atom stereocenters. The average Bonchev–Trinajstić information content (AvgIpc) is 3.19. The summed E-state index contributed by atoms with van der Waals surface area (Å²) in [4.78, 5) is 0. The van der Waals surface area contributed by atoms with Gasteiger partial charge in [0.05, 0.1) is 6.04 Å². The molecule has 1 heterocycles. The molecule has 1 aliphatic heterocycles. The van der Waals surface area contributed by atoms with E-state index in [1.807, 2.05) is 0 Å². The number of nitrogens with one attached hydrogen (secondary N) is 1. The number of allylic oxidation sites excluding steroid dienone is 2. The first-order valence-electron chi connectivity index (χ1n) is 9.17. The third-order valence-electron chi connectivity index (χ3n) is 5.70. The molecule has 0 unspecified atom stereocenters. The van der Waals surface area contributed by atoms with Gasteiger partial charge in [-0.1, -0.05) is 76.6 Å². The molecule has 26 heavy (non-hydrogen) atoms. The fraction of sp³-hybridized carbons (Fsp3) is 0.167. The first kappa shape index (κ1) is 15.9. The van der Waals surface area contributed by atoms with Crippen molar-refractivity contribution in [2.45, 2.75) is 18.4 Å². The standard InChI is InChI=1S/C24H20BrN/c25-19-12-9-17(10-13-19)24-21-8-4-7-20(21)22-15-18(11-14-23(22)26-24)16-5-2-1-3-6-16/h1-7,9-15,20-21,24,26H,8H2/t20-,21-,24+/m1/s1. The van der Waals surface area contributed by atoms with Crippen LogP contribution in [0, 0.1) is 5.92 Å². The highest BCUT2D eigenvalue weighted by atomic mass is 79.9. The van der Waals surface area contributed by atoms with Gasteiger partial charge in [0.25, 0.3) is 0 Å². The lowest BCUT2D eigenvalue weighted by molar-refractivity contribution is 0.425. The first-order valence-corrected chi connectivity index (χ1v) is 9.97. The molecule has 1 nitrogen and oxygen atoms in total. The Hall–Kier alpha value is -2.32. The molecule has 2 aliphatic rings. The van der Waals surface area contributed by atoms with Gasteiger partial charge in [0.15, 0.2) is 0 Å². The SMILES string of the molecule is Brc1ccc([C@@H]2Nc3ccc(-c4ccccc4)cc3[C@@H]3C=CC[C@H]32)cc1. The van der Waals surface area contributed by atoms with Crippen LogP contribution in [0.3, 0.4) is 0 Å². The number of rotatable bonds is 2. The molecule has 128 valence electrons. The normalized spacial score (nSPS) is 23.2. The Bertz CT molecular complexity index is 959. The van der Waals surface area contributed by atoms with Crippen molar-refractivity contribution in [3.05, 3.63) is 101 Å². The molecule has 0 amide bonds. The van der Waals surface area contributed by atoms with Gasteiger partial charge >= 0.3 is 0 Å². The minimum atomic E-state index is 0.359. The van der Waals surface area contributed by atoms with Gasteiger partial charge in [-0.3, -0.25) is 0 Å². The Morgan fingerprint density at radius 3 is 2.46 bits per heavy atom. The second kappa shape index (κ2) is 6.44. The molecule has 0 saturated carbocycles. The molecular formula is C24H20BrN. The fourth-order valence-corrected chi connectivity index (χ4v) is 4.67. The molecule has 3 aromatic carbocycles. The van der Waals surface area contributed by atoms with E-state index in [4.69, 9.17) is 0 Å². The second-order valence-electron chi connectivity index (χ2n) is 7.20. The average molecular weight is 402 g/mol. The van der Waals surface area contributed by atoms with Crippen LogP contribution in [-0.4, -0.2) is 0 Å². The predicted molar refractivity (Wildman–Crippen MR) is 112 cm³/mol. The highest BCUT2D eigenvalue weighted by molar-refractivity contribution is 9.10. The maximum atomic E-state index is 3.83. The predicted octanol–water partition coefficient (Wildman–Crippen LogP) is 6.94. The van der Waals surface area contributed by atoms with Gasteiger partial charge in [0.2, 0.25) is 0 Å². The van der Waals surface area contributed by atoms with Crippen LogP contribution in [0.4, 0.5) is 5.69 Å². The molecule has 1 N–H and O–H groups in total. The Morgan fingerprint density at radius 2 is 1.65 bits per heavy atom. The largest absolute Gasteiger partial charge is 0.378 e. The topological polar surface area (TPSA) is 12.0 Å². The van der Waals surface area contributed by atoms with Gasteiger partial charge in [-0.15, -0.1) is 0 Å². The highest BCUT2D eigenvalue weighted by Crippen LogP contribution is 2.50. The van der Waals surface area contributed by atoms with Crippen LogP contribution in [-0.2, 0) is 0 Å². The molecule has 0 radical (unpaired) electrons. The monoisotopic (exact) mass is 401 g/mol. The van der Waals surface area contributed by atoms with E-state index in [1.54, 1.807) is 0 Å². The van der Waals surface area contributed by atoms with Crippen molar-refractivity contribution in [3.63, 3.8) is 0 Å². The lowest BCUT2D eigenvalue weighted by Crippen LogP contribution is -2.29. The first-order chi connectivity index (χ1) is 12.8. The number of fused-ring (bicyclic) bond motifs is 3. The Balaban J connectivity index is 1.56. The number of halogens is 1. The third-order valence-corrected chi connectivity index (χ3v) is 6.23. The van der Waals surface area contributed by atoms with Crippen molar-refractivity contribution >= 4 is 21.6 Å². The zero-order valence-corrected chi connectivity index (χ0v) is 16.0. The lowest BCUT2D eigenvalue weighted by Gasteiger charge is -2.37.